The molecule has 0 unspecified atom stereocenters. The van der Waals surface area contributed by atoms with Crippen LogP contribution in [0.5, 0.6) is 5.75 Å². The number of nitrogens with one attached hydrogen (secondary N) is 2. The maximum atomic E-state index is 5.26. The molecule has 0 saturated carbocycles. The number of nitrogens with zero attached hydrogens (tertiary/aromatic N) is 1. The Labute approximate surface area is 127 Å². The van der Waals surface area contributed by atoms with Gasteiger partial charge in [0.15, 0.2) is 0 Å². The quantitative estimate of drug-likeness (QED) is 0.585. The van der Waals surface area contributed by atoms with Crippen molar-refractivity contribution in [1.29, 1.82) is 0 Å². The summed E-state index contributed by atoms with van der Waals surface area (Å²) in [5.74, 6) is 0.811. The van der Waals surface area contributed by atoms with Crippen molar-refractivity contribution in [3.05, 3.63) is 60.9 Å². The van der Waals surface area contributed by atoms with E-state index in [2.05, 4.69) is 39.6 Å². The Bertz CT molecular complexity index is 959. The first-order valence-electron chi connectivity index (χ1n) is 7.10. The minimum atomic E-state index is 0.811. The van der Waals surface area contributed by atoms with Gasteiger partial charge in [0.1, 0.15) is 5.75 Å². The van der Waals surface area contributed by atoms with Crippen LogP contribution in [-0.2, 0) is 0 Å². The predicted octanol–water partition coefficient (Wildman–Crippen LogP) is 4.47. The lowest BCUT2D eigenvalue weighted by Gasteiger charge is -2.10. The van der Waals surface area contributed by atoms with Crippen molar-refractivity contribution >= 4 is 33.2 Å². The van der Waals surface area contributed by atoms with Crippen LogP contribution in [0.2, 0.25) is 0 Å². The number of ether oxygens (including phenoxy) is 1. The predicted molar refractivity (Wildman–Crippen MR) is 89.9 cm³/mol. The van der Waals surface area contributed by atoms with Gasteiger partial charge in [-0.25, -0.2) is 0 Å². The highest BCUT2D eigenvalue weighted by Gasteiger charge is 2.05. The molecule has 4 heteroatoms. The summed E-state index contributed by atoms with van der Waals surface area (Å²) < 4.78 is 5.26. The van der Waals surface area contributed by atoms with Crippen molar-refractivity contribution in [1.82, 2.24) is 9.97 Å². The van der Waals surface area contributed by atoms with Gasteiger partial charge in [0.25, 0.3) is 0 Å². The molecule has 2 heterocycles. The van der Waals surface area contributed by atoms with Crippen molar-refractivity contribution in [2.75, 3.05) is 12.4 Å². The molecular weight excluding hydrogens is 274 g/mol. The third-order valence-electron chi connectivity index (χ3n) is 3.78. The number of rotatable bonds is 3. The van der Waals surface area contributed by atoms with Gasteiger partial charge < -0.3 is 15.0 Å². The number of fused-ring (bicyclic) bond motifs is 2. The Morgan fingerprint density at radius 3 is 2.91 bits per heavy atom. The zero-order chi connectivity index (χ0) is 14.9. The summed E-state index contributed by atoms with van der Waals surface area (Å²) >= 11 is 0. The SMILES string of the molecule is COc1ccc2c(Nc3ccc4[nH]ccc4c3)ccnc2c1. The van der Waals surface area contributed by atoms with E-state index in [1.807, 2.05) is 30.5 Å². The van der Waals surface area contributed by atoms with Crippen LogP contribution in [0, 0.1) is 0 Å². The van der Waals surface area contributed by atoms with E-state index in [1.165, 1.54) is 5.39 Å². The van der Waals surface area contributed by atoms with Gasteiger partial charge in [-0.05, 0) is 42.5 Å². The van der Waals surface area contributed by atoms with E-state index in [1.54, 1.807) is 13.3 Å². The third kappa shape index (κ3) is 2.15. The maximum absolute atomic E-state index is 5.26. The van der Waals surface area contributed by atoms with E-state index in [9.17, 15) is 0 Å². The van der Waals surface area contributed by atoms with Crippen LogP contribution in [0.1, 0.15) is 0 Å². The minimum absolute atomic E-state index is 0.811. The van der Waals surface area contributed by atoms with Gasteiger partial charge in [0.2, 0.25) is 0 Å². The first-order valence-corrected chi connectivity index (χ1v) is 7.10. The highest BCUT2D eigenvalue weighted by atomic mass is 16.5. The molecule has 0 radical (unpaired) electrons. The fourth-order valence-corrected chi connectivity index (χ4v) is 2.65. The van der Waals surface area contributed by atoms with Crippen LogP contribution in [0.3, 0.4) is 0 Å². The van der Waals surface area contributed by atoms with Gasteiger partial charge in [-0.2, -0.15) is 0 Å². The Hall–Kier alpha value is -3.01. The lowest BCUT2D eigenvalue weighted by Crippen LogP contribution is -1.93. The molecule has 0 bridgehead atoms. The molecule has 0 aliphatic rings. The van der Waals surface area contributed by atoms with E-state index >= 15 is 0 Å². The number of benzene rings is 2. The van der Waals surface area contributed by atoms with Crippen molar-refractivity contribution in [3.8, 4) is 5.75 Å². The molecular formula is C18H15N3O. The minimum Gasteiger partial charge on any atom is -0.497 e. The Morgan fingerprint density at radius 2 is 2.00 bits per heavy atom. The smallest absolute Gasteiger partial charge is 0.121 e. The third-order valence-corrected chi connectivity index (χ3v) is 3.78. The number of anilines is 2. The van der Waals surface area contributed by atoms with E-state index in [-0.39, 0.29) is 0 Å². The van der Waals surface area contributed by atoms with Gasteiger partial charge in [-0.1, -0.05) is 0 Å². The highest BCUT2D eigenvalue weighted by Crippen LogP contribution is 2.28. The monoisotopic (exact) mass is 289 g/mol. The van der Waals surface area contributed by atoms with E-state index < -0.39 is 0 Å². The van der Waals surface area contributed by atoms with E-state index in [0.29, 0.717) is 0 Å². The normalized spacial score (nSPS) is 11.0. The average molecular weight is 289 g/mol. The zero-order valence-electron chi connectivity index (χ0n) is 12.1. The molecule has 22 heavy (non-hydrogen) atoms. The Balaban J connectivity index is 1.76. The van der Waals surface area contributed by atoms with Crippen molar-refractivity contribution in [2.45, 2.75) is 0 Å². The lowest BCUT2D eigenvalue weighted by molar-refractivity contribution is 0.415. The average Bonchev–Trinajstić information content (AvgIpc) is 3.02. The standard InChI is InChI=1S/C18H15N3O/c1-22-14-3-4-15-17(7-9-20-18(15)11-14)21-13-2-5-16-12(10-13)6-8-19-16/h2-11,19H,1H3,(H,20,21). The summed E-state index contributed by atoms with van der Waals surface area (Å²) in [5.41, 5.74) is 4.12. The van der Waals surface area contributed by atoms with E-state index in [4.69, 9.17) is 4.74 Å². The van der Waals surface area contributed by atoms with Crippen LogP contribution in [0.25, 0.3) is 21.8 Å². The van der Waals surface area contributed by atoms with Gasteiger partial charge in [-0.15, -0.1) is 0 Å². The van der Waals surface area contributed by atoms with Crippen LogP contribution >= 0.6 is 0 Å². The first kappa shape index (κ1) is 12.7. The molecule has 0 saturated heterocycles. The van der Waals surface area contributed by atoms with Crippen molar-refractivity contribution in [3.63, 3.8) is 0 Å². The van der Waals surface area contributed by atoms with E-state index in [0.717, 1.165) is 33.5 Å². The summed E-state index contributed by atoms with van der Waals surface area (Å²) in [5, 5.41) is 5.72. The van der Waals surface area contributed by atoms with Crippen molar-refractivity contribution in [2.24, 2.45) is 0 Å². The molecule has 0 aliphatic heterocycles. The van der Waals surface area contributed by atoms with Gasteiger partial charge >= 0.3 is 0 Å². The molecule has 2 aromatic heterocycles. The Kier molecular flexibility index (Phi) is 2.93. The first-order chi connectivity index (χ1) is 10.8. The number of aromatic nitrogens is 2. The molecule has 0 amide bonds. The van der Waals surface area contributed by atoms with Crippen molar-refractivity contribution < 1.29 is 4.74 Å². The van der Waals surface area contributed by atoms with Gasteiger partial charge in [-0.3, -0.25) is 4.98 Å². The molecule has 0 spiro atoms. The van der Waals surface area contributed by atoms with Crippen LogP contribution in [0.15, 0.2) is 60.9 Å². The maximum Gasteiger partial charge on any atom is 0.121 e. The van der Waals surface area contributed by atoms with Crippen LogP contribution < -0.4 is 10.1 Å². The number of pyridine rings is 1. The molecule has 2 N–H and O–H groups in total. The largest absolute Gasteiger partial charge is 0.497 e. The fraction of sp³-hybridized carbons (Fsp3) is 0.0556. The molecule has 2 aromatic carbocycles. The second kappa shape index (κ2) is 5.07. The van der Waals surface area contributed by atoms with Gasteiger partial charge in [0.05, 0.1) is 12.6 Å². The lowest BCUT2D eigenvalue weighted by atomic mass is 10.1. The summed E-state index contributed by atoms with van der Waals surface area (Å²) in [4.78, 5) is 7.61. The molecule has 0 fully saturated rings. The summed E-state index contributed by atoms with van der Waals surface area (Å²) in [6, 6.07) is 16.2. The topological polar surface area (TPSA) is 49.9 Å². The number of hydrogen-bond donors (Lipinski definition) is 2. The number of methoxy groups -OCH3 is 1. The zero-order valence-corrected chi connectivity index (χ0v) is 12.1. The molecule has 108 valence electrons. The molecule has 0 aliphatic carbocycles. The van der Waals surface area contributed by atoms with Gasteiger partial charge in [0, 0.05) is 46.1 Å². The van der Waals surface area contributed by atoms with Crippen LogP contribution in [0.4, 0.5) is 11.4 Å². The second-order valence-corrected chi connectivity index (χ2v) is 5.15. The second-order valence-electron chi connectivity index (χ2n) is 5.15. The summed E-state index contributed by atoms with van der Waals surface area (Å²) in [6.07, 6.45) is 3.75. The highest BCUT2D eigenvalue weighted by molar-refractivity contribution is 5.94. The molecule has 4 rings (SSSR count). The van der Waals surface area contributed by atoms with Crippen LogP contribution in [-0.4, -0.2) is 17.1 Å². The number of H-pyrrole nitrogens is 1. The summed E-state index contributed by atoms with van der Waals surface area (Å²) in [6.45, 7) is 0. The molecule has 4 nitrogen and oxygen atoms in total. The molecule has 4 aromatic rings. The fourth-order valence-electron chi connectivity index (χ4n) is 2.65. The summed E-state index contributed by atoms with van der Waals surface area (Å²) in [7, 11) is 1.66. The number of hydrogen-bond acceptors (Lipinski definition) is 3. The molecule has 0 atom stereocenters. The Morgan fingerprint density at radius 1 is 1.05 bits per heavy atom. The number of aromatic amines is 1.